The van der Waals surface area contributed by atoms with E-state index in [2.05, 4.69) is 50.2 Å². The Morgan fingerprint density at radius 2 is 1.62 bits per heavy atom. The fourth-order valence-electron chi connectivity index (χ4n) is 4.11. The van der Waals surface area contributed by atoms with E-state index in [9.17, 15) is 0 Å². The molecule has 1 heteroatoms. The van der Waals surface area contributed by atoms with Crippen molar-refractivity contribution in [2.45, 2.75) is 71.1 Å². The quantitative estimate of drug-likeness (QED) is 0.494. The Bertz CT molecular complexity index is 638. The Balaban J connectivity index is 1.67. The Morgan fingerprint density at radius 1 is 0.875 bits per heavy atom. The smallest absolute Gasteiger partial charge is 0.119 e. The normalized spacial score (nSPS) is 21.1. The third-order valence-corrected chi connectivity index (χ3v) is 5.62. The minimum absolute atomic E-state index is 0.767. The molecule has 2 aromatic carbocycles. The molecule has 0 N–H and O–H groups in total. The Kier molecular flexibility index (Phi) is 6.18. The third-order valence-electron chi connectivity index (χ3n) is 5.62. The lowest BCUT2D eigenvalue weighted by Gasteiger charge is -2.28. The first-order chi connectivity index (χ1) is 11.8. The van der Waals surface area contributed by atoms with Gasteiger partial charge in [0.25, 0.3) is 0 Å². The summed E-state index contributed by atoms with van der Waals surface area (Å²) in [6.07, 6.45) is 10.6. The fraction of sp³-hybridized carbons (Fsp3) is 0.565. The molecule has 1 saturated carbocycles. The van der Waals surface area contributed by atoms with Gasteiger partial charge in [0.15, 0.2) is 0 Å². The van der Waals surface area contributed by atoms with Crippen LogP contribution in [0.5, 0.6) is 5.75 Å². The number of hydrogen-bond donors (Lipinski definition) is 0. The maximum absolute atomic E-state index is 5.84. The zero-order chi connectivity index (χ0) is 16.8. The Labute approximate surface area is 147 Å². The van der Waals surface area contributed by atoms with Crippen molar-refractivity contribution in [3.63, 3.8) is 0 Å². The molecule has 0 saturated heterocycles. The second-order valence-electron chi connectivity index (χ2n) is 7.48. The molecular formula is C23H32O. The van der Waals surface area contributed by atoms with Crippen molar-refractivity contribution in [3.05, 3.63) is 42.0 Å². The topological polar surface area (TPSA) is 9.23 Å². The summed E-state index contributed by atoms with van der Waals surface area (Å²) >= 11 is 0. The molecule has 1 nitrogen and oxygen atoms in total. The average Bonchev–Trinajstić information content (AvgIpc) is 2.62. The van der Waals surface area contributed by atoms with E-state index in [-0.39, 0.29) is 0 Å². The number of hydrogen-bond acceptors (Lipinski definition) is 1. The minimum atomic E-state index is 0.767. The molecule has 130 valence electrons. The highest BCUT2D eigenvalue weighted by molar-refractivity contribution is 5.84. The van der Waals surface area contributed by atoms with Crippen LogP contribution in [0.15, 0.2) is 36.4 Å². The summed E-state index contributed by atoms with van der Waals surface area (Å²) in [5, 5.41) is 2.65. The fourth-order valence-corrected chi connectivity index (χ4v) is 4.11. The number of ether oxygens (including phenoxy) is 1. The lowest BCUT2D eigenvalue weighted by molar-refractivity contribution is 0.308. The lowest BCUT2D eigenvalue weighted by atomic mass is 9.77. The van der Waals surface area contributed by atoms with Gasteiger partial charge in [0.05, 0.1) is 6.61 Å². The van der Waals surface area contributed by atoms with Gasteiger partial charge in [0.2, 0.25) is 0 Å². The number of unbranched alkanes of at least 4 members (excludes halogenated alkanes) is 1. The van der Waals surface area contributed by atoms with Crippen LogP contribution in [-0.2, 0) is 0 Å². The molecule has 0 atom stereocenters. The molecule has 0 unspecified atom stereocenters. The van der Waals surface area contributed by atoms with E-state index in [4.69, 9.17) is 4.74 Å². The Hall–Kier alpha value is -1.50. The summed E-state index contributed by atoms with van der Waals surface area (Å²) < 4.78 is 5.84. The lowest BCUT2D eigenvalue weighted by Crippen LogP contribution is -2.13. The van der Waals surface area contributed by atoms with Gasteiger partial charge in [-0.05, 0) is 72.4 Å². The molecule has 1 aliphatic rings. The zero-order valence-electron chi connectivity index (χ0n) is 15.4. The molecule has 0 aromatic heterocycles. The first-order valence-corrected chi connectivity index (χ1v) is 9.96. The largest absolute Gasteiger partial charge is 0.494 e. The van der Waals surface area contributed by atoms with Crippen LogP contribution in [0, 0.1) is 5.92 Å². The molecule has 1 aliphatic carbocycles. The van der Waals surface area contributed by atoms with Gasteiger partial charge < -0.3 is 4.74 Å². The standard InChI is InChI=1S/C23H32O/c1-3-5-15-24-23-14-13-21-16-20(11-12-22(21)17-23)19-9-7-18(6-4-2)8-10-19/h11-14,16-19H,3-10,15H2,1-2H3/t18-,19-. The van der Waals surface area contributed by atoms with Gasteiger partial charge in [-0.3, -0.25) is 0 Å². The molecule has 0 radical (unpaired) electrons. The van der Waals surface area contributed by atoms with Crippen molar-refractivity contribution in [2.24, 2.45) is 5.92 Å². The number of benzene rings is 2. The van der Waals surface area contributed by atoms with Crippen molar-refractivity contribution < 1.29 is 4.74 Å². The first kappa shape index (κ1) is 17.3. The van der Waals surface area contributed by atoms with Gasteiger partial charge in [-0.25, -0.2) is 0 Å². The van der Waals surface area contributed by atoms with Crippen LogP contribution in [0.3, 0.4) is 0 Å². The zero-order valence-corrected chi connectivity index (χ0v) is 15.4. The molecule has 2 aromatic rings. The highest BCUT2D eigenvalue weighted by Crippen LogP contribution is 2.38. The summed E-state index contributed by atoms with van der Waals surface area (Å²) in [6.45, 7) is 5.33. The summed E-state index contributed by atoms with van der Waals surface area (Å²) in [4.78, 5) is 0. The van der Waals surface area contributed by atoms with Gasteiger partial charge in [0.1, 0.15) is 5.75 Å². The third kappa shape index (κ3) is 4.32. The van der Waals surface area contributed by atoms with Crippen LogP contribution >= 0.6 is 0 Å². The molecule has 1 fully saturated rings. The van der Waals surface area contributed by atoms with Crippen molar-refractivity contribution in [1.82, 2.24) is 0 Å². The second kappa shape index (κ2) is 8.55. The van der Waals surface area contributed by atoms with Crippen LogP contribution < -0.4 is 4.74 Å². The predicted molar refractivity (Wildman–Crippen MR) is 104 cm³/mol. The maximum atomic E-state index is 5.84. The van der Waals surface area contributed by atoms with Crippen molar-refractivity contribution in [3.8, 4) is 5.75 Å². The van der Waals surface area contributed by atoms with Gasteiger partial charge in [0, 0.05) is 0 Å². The highest BCUT2D eigenvalue weighted by Gasteiger charge is 2.21. The highest BCUT2D eigenvalue weighted by atomic mass is 16.5. The van der Waals surface area contributed by atoms with Crippen molar-refractivity contribution >= 4 is 10.8 Å². The van der Waals surface area contributed by atoms with E-state index < -0.39 is 0 Å². The van der Waals surface area contributed by atoms with Gasteiger partial charge in [-0.2, -0.15) is 0 Å². The van der Waals surface area contributed by atoms with E-state index >= 15 is 0 Å². The number of rotatable bonds is 7. The van der Waals surface area contributed by atoms with E-state index in [1.165, 1.54) is 61.3 Å². The summed E-state index contributed by atoms with van der Waals surface area (Å²) in [7, 11) is 0. The summed E-state index contributed by atoms with van der Waals surface area (Å²) in [6, 6.07) is 13.6. The second-order valence-corrected chi connectivity index (χ2v) is 7.48. The summed E-state index contributed by atoms with van der Waals surface area (Å²) in [5.41, 5.74) is 1.54. The van der Waals surface area contributed by atoms with Gasteiger partial charge >= 0.3 is 0 Å². The van der Waals surface area contributed by atoms with Crippen LogP contribution in [0.4, 0.5) is 0 Å². The molecule has 0 aliphatic heterocycles. The van der Waals surface area contributed by atoms with Crippen molar-refractivity contribution in [2.75, 3.05) is 6.61 Å². The van der Waals surface area contributed by atoms with Crippen LogP contribution in [0.25, 0.3) is 10.8 Å². The predicted octanol–water partition coefficient (Wildman–Crippen LogP) is 7.09. The number of fused-ring (bicyclic) bond motifs is 1. The van der Waals surface area contributed by atoms with E-state index in [0.717, 1.165) is 30.6 Å². The Morgan fingerprint density at radius 3 is 2.38 bits per heavy atom. The molecule has 0 heterocycles. The molecular weight excluding hydrogens is 292 g/mol. The molecule has 3 rings (SSSR count). The molecule has 0 bridgehead atoms. The minimum Gasteiger partial charge on any atom is -0.494 e. The SMILES string of the molecule is CCCCOc1ccc2cc([C@H]3CC[C@H](CCC)CC3)ccc2c1. The van der Waals surface area contributed by atoms with Crippen LogP contribution in [0.1, 0.15) is 76.7 Å². The van der Waals surface area contributed by atoms with E-state index in [1.807, 2.05) is 0 Å². The molecule has 0 amide bonds. The molecule has 0 spiro atoms. The van der Waals surface area contributed by atoms with E-state index in [0.29, 0.717) is 0 Å². The van der Waals surface area contributed by atoms with Crippen LogP contribution in [-0.4, -0.2) is 6.61 Å². The average molecular weight is 325 g/mol. The van der Waals surface area contributed by atoms with E-state index in [1.54, 1.807) is 0 Å². The maximum Gasteiger partial charge on any atom is 0.119 e. The monoisotopic (exact) mass is 324 g/mol. The van der Waals surface area contributed by atoms with Crippen LogP contribution in [0.2, 0.25) is 0 Å². The van der Waals surface area contributed by atoms with Gasteiger partial charge in [-0.1, -0.05) is 57.4 Å². The summed E-state index contributed by atoms with van der Waals surface area (Å²) in [5.74, 6) is 2.75. The first-order valence-electron chi connectivity index (χ1n) is 9.96. The van der Waals surface area contributed by atoms with Crippen molar-refractivity contribution in [1.29, 1.82) is 0 Å². The van der Waals surface area contributed by atoms with Gasteiger partial charge in [-0.15, -0.1) is 0 Å². The molecule has 24 heavy (non-hydrogen) atoms.